The second-order valence-electron chi connectivity index (χ2n) is 6.95. The zero-order valence-electron chi connectivity index (χ0n) is 16.3. The maximum atomic E-state index is 12.2. The van der Waals surface area contributed by atoms with Gasteiger partial charge in [0.05, 0.1) is 6.61 Å². The van der Waals surface area contributed by atoms with Crippen molar-refractivity contribution in [2.24, 2.45) is 0 Å². The molecule has 2 aliphatic rings. The third-order valence-corrected chi connectivity index (χ3v) is 4.58. The molecule has 0 aromatic carbocycles. The van der Waals surface area contributed by atoms with Crippen molar-refractivity contribution in [3.05, 3.63) is 0 Å². The summed E-state index contributed by atoms with van der Waals surface area (Å²) in [4.78, 5) is 62.7. The normalized spacial score (nSPS) is 28.9. The summed E-state index contributed by atoms with van der Waals surface area (Å²) in [7, 11) is 0. The summed E-state index contributed by atoms with van der Waals surface area (Å²) >= 11 is 0. The van der Waals surface area contributed by atoms with Gasteiger partial charge < -0.3 is 35.5 Å². The number of nitrogens with one attached hydrogen (secondary N) is 2. The number of rotatable bonds is 8. The SMILES string of the molecule is CC(=O)NC1C(NC(=O)CCCC(=O)ON2C(=O)CCC2=O)OC(CO)C(O)C1O. The highest BCUT2D eigenvalue weighted by Gasteiger charge is 2.45. The Morgan fingerprint density at radius 1 is 1.10 bits per heavy atom. The van der Waals surface area contributed by atoms with Crippen LogP contribution in [0.5, 0.6) is 0 Å². The number of amides is 4. The maximum absolute atomic E-state index is 12.2. The molecule has 0 saturated carbocycles. The van der Waals surface area contributed by atoms with Crippen LogP contribution in [0.2, 0.25) is 0 Å². The number of carbonyl (C=O) groups excluding carboxylic acids is 5. The average molecular weight is 431 g/mol. The van der Waals surface area contributed by atoms with E-state index in [1.807, 2.05) is 0 Å². The summed E-state index contributed by atoms with van der Waals surface area (Å²) in [5.41, 5.74) is 0. The van der Waals surface area contributed by atoms with Gasteiger partial charge in [0.2, 0.25) is 11.8 Å². The molecule has 2 aliphatic heterocycles. The smallest absolute Gasteiger partial charge is 0.333 e. The minimum absolute atomic E-state index is 0.0209. The van der Waals surface area contributed by atoms with Crippen molar-refractivity contribution in [3.63, 3.8) is 0 Å². The molecule has 0 bridgehead atoms. The largest absolute Gasteiger partial charge is 0.394 e. The van der Waals surface area contributed by atoms with Crippen LogP contribution in [0.3, 0.4) is 0 Å². The summed E-state index contributed by atoms with van der Waals surface area (Å²) in [6, 6.07) is -1.17. The Balaban J connectivity index is 1.84. The van der Waals surface area contributed by atoms with Crippen LogP contribution in [0.15, 0.2) is 0 Å². The van der Waals surface area contributed by atoms with Gasteiger partial charge in [-0.2, -0.15) is 0 Å². The van der Waals surface area contributed by atoms with Crippen molar-refractivity contribution in [2.75, 3.05) is 6.61 Å². The maximum Gasteiger partial charge on any atom is 0.333 e. The second kappa shape index (κ2) is 10.4. The Bertz CT molecular complexity index is 683. The number of ether oxygens (including phenoxy) is 1. The number of carbonyl (C=O) groups is 5. The van der Waals surface area contributed by atoms with E-state index in [1.165, 1.54) is 6.92 Å². The number of hydrogen-bond acceptors (Lipinski definition) is 10. The molecular formula is C17H25N3O10. The monoisotopic (exact) mass is 431 g/mol. The molecule has 30 heavy (non-hydrogen) atoms. The van der Waals surface area contributed by atoms with Crippen LogP contribution in [0, 0.1) is 0 Å². The number of imide groups is 1. The summed E-state index contributed by atoms with van der Waals surface area (Å²) in [6.45, 7) is 0.550. The highest BCUT2D eigenvalue weighted by atomic mass is 16.7. The molecule has 168 valence electrons. The molecule has 0 aromatic rings. The van der Waals surface area contributed by atoms with E-state index in [0.717, 1.165) is 0 Å². The van der Waals surface area contributed by atoms with Crippen molar-refractivity contribution in [3.8, 4) is 0 Å². The van der Waals surface area contributed by atoms with E-state index in [9.17, 15) is 39.3 Å². The molecule has 13 heteroatoms. The Morgan fingerprint density at radius 2 is 1.73 bits per heavy atom. The van der Waals surface area contributed by atoms with E-state index < -0.39 is 66.8 Å². The van der Waals surface area contributed by atoms with Crippen molar-refractivity contribution in [1.29, 1.82) is 0 Å². The van der Waals surface area contributed by atoms with Gasteiger partial charge in [-0.25, -0.2) is 4.79 Å². The Morgan fingerprint density at radius 3 is 2.30 bits per heavy atom. The van der Waals surface area contributed by atoms with Crippen LogP contribution in [0.25, 0.3) is 0 Å². The number of hydrogen-bond donors (Lipinski definition) is 5. The van der Waals surface area contributed by atoms with Crippen molar-refractivity contribution in [2.45, 2.75) is 69.6 Å². The minimum atomic E-state index is -1.50. The number of hydroxylamine groups is 2. The van der Waals surface area contributed by atoms with E-state index in [1.54, 1.807) is 0 Å². The average Bonchev–Trinajstić information content (AvgIpc) is 2.99. The van der Waals surface area contributed by atoms with Crippen LogP contribution in [-0.4, -0.2) is 87.2 Å². The topological polar surface area (TPSA) is 192 Å². The van der Waals surface area contributed by atoms with Crippen LogP contribution < -0.4 is 10.6 Å². The van der Waals surface area contributed by atoms with Crippen LogP contribution in [0.4, 0.5) is 0 Å². The first-order chi connectivity index (χ1) is 14.1. The summed E-state index contributed by atoms with van der Waals surface area (Å²) < 4.78 is 5.36. The highest BCUT2D eigenvalue weighted by Crippen LogP contribution is 2.20. The minimum Gasteiger partial charge on any atom is -0.394 e. The molecule has 2 heterocycles. The summed E-state index contributed by atoms with van der Waals surface area (Å²) in [5, 5.41) is 34.6. The molecule has 2 rings (SSSR count). The molecule has 0 spiro atoms. The molecular weight excluding hydrogens is 406 g/mol. The number of aliphatic hydroxyl groups is 3. The number of nitrogens with zero attached hydrogens (tertiary/aromatic N) is 1. The fraction of sp³-hybridized carbons (Fsp3) is 0.706. The third-order valence-electron chi connectivity index (χ3n) is 4.58. The van der Waals surface area contributed by atoms with Gasteiger partial charge >= 0.3 is 5.97 Å². The van der Waals surface area contributed by atoms with Gasteiger partial charge in [0.25, 0.3) is 11.8 Å². The standard InChI is InChI=1S/C17H25N3O10/c1-8(22)18-14-16(28)15(27)9(7-21)29-17(14)19-10(23)3-2-4-13(26)30-20-11(24)5-6-12(20)25/h9,14-17,21,27-28H,2-7H2,1H3,(H,18,22)(H,19,23). The molecule has 2 saturated heterocycles. The van der Waals surface area contributed by atoms with E-state index in [4.69, 9.17) is 4.74 Å². The van der Waals surface area contributed by atoms with Crippen LogP contribution in [0.1, 0.15) is 39.0 Å². The lowest BCUT2D eigenvalue weighted by Crippen LogP contribution is -2.68. The summed E-state index contributed by atoms with van der Waals surface area (Å²) in [5.74, 6) is -3.20. The Kier molecular flexibility index (Phi) is 8.23. The van der Waals surface area contributed by atoms with E-state index in [2.05, 4.69) is 15.5 Å². The molecule has 13 nitrogen and oxygen atoms in total. The van der Waals surface area contributed by atoms with Crippen molar-refractivity contribution in [1.82, 2.24) is 15.7 Å². The predicted molar refractivity (Wildman–Crippen MR) is 94.5 cm³/mol. The molecule has 0 aromatic heterocycles. The lowest BCUT2D eigenvalue weighted by atomic mass is 9.96. The Labute approximate surface area is 171 Å². The third kappa shape index (κ3) is 5.95. The first kappa shape index (κ1) is 23.7. The van der Waals surface area contributed by atoms with Gasteiger partial charge in [-0.1, -0.05) is 0 Å². The van der Waals surface area contributed by atoms with Gasteiger partial charge in [-0.05, 0) is 6.42 Å². The van der Waals surface area contributed by atoms with E-state index in [-0.39, 0.29) is 32.1 Å². The summed E-state index contributed by atoms with van der Waals surface area (Å²) in [6.07, 6.45) is -5.85. The van der Waals surface area contributed by atoms with Gasteiger partial charge in [0.15, 0.2) is 6.23 Å². The second-order valence-corrected chi connectivity index (χ2v) is 6.95. The van der Waals surface area contributed by atoms with Crippen LogP contribution >= 0.6 is 0 Å². The molecule has 4 amide bonds. The zero-order valence-corrected chi connectivity index (χ0v) is 16.3. The molecule has 2 fully saturated rings. The first-order valence-corrected chi connectivity index (χ1v) is 9.39. The van der Waals surface area contributed by atoms with E-state index >= 15 is 0 Å². The van der Waals surface area contributed by atoms with E-state index in [0.29, 0.717) is 5.06 Å². The molecule has 0 radical (unpaired) electrons. The van der Waals surface area contributed by atoms with Crippen molar-refractivity contribution >= 4 is 29.6 Å². The first-order valence-electron chi connectivity index (χ1n) is 9.39. The van der Waals surface area contributed by atoms with Gasteiger partial charge in [-0.15, -0.1) is 5.06 Å². The number of aliphatic hydroxyl groups excluding tert-OH is 3. The van der Waals surface area contributed by atoms with Gasteiger partial charge in [-0.3, -0.25) is 19.2 Å². The Hall–Kier alpha value is -2.61. The molecule has 5 unspecified atom stereocenters. The quantitative estimate of drug-likeness (QED) is 0.245. The lowest BCUT2D eigenvalue weighted by molar-refractivity contribution is -0.203. The zero-order chi connectivity index (χ0) is 22.4. The van der Waals surface area contributed by atoms with Gasteiger partial charge in [0.1, 0.15) is 24.4 Å². The fourth-order valence-electron chi connectivity index (χ4n) is 3.06. The highest BCUT2D eigenvalue weighted by molar-refractivity contribution is 6.01. The molecule has 5 atom stereocenters. The van der Waals surface area contributed by atoms with Crippen molar-refractivity contribution < 1.29 is 48.9 Å². The molecule has 0 aliphatic carbocycles. The fourth-order valence-corrected chi connectivity index (χ4v) is 3.06. The van der Waals surface area contributed by atoms with Crippen LogP contribution in [-0.2, 0) is 33.5 Å². The van der Waals surface area contributed by atoms with Gasteiger partial charge in [0, 0.05) is 32.6 Å². The predicted octanol–water partition coefficient (Wildman–Crippen LogP) is -3.18. The molecule has 5 N–H and O–H groups in total. The lowest BCUT2D eigenvalue weighted by Gasteiger charge is -2.42.